The Balaban J connectivity index is 2.25. The Hall–Kier alpha value is -0.760. The Labute approximate surface area is 86.1 Å². The molecule has 1 aliphatic carbocycles. The average Bonchev–Trinajstić information content (AvgIpc) is 2.71. The zero-order valence-electron chi connectivity index (χ0n) is 8.95. The number of rotatable bonds is 2. The van der Waals surface area contributed by atoms with Gasteiger partial charge in [0.2, 0.25) is 0 Å². The summed E-state index contributed by atoms with van der Waals surface area (Å²) in [6, 6.07) is 4.19. The second kappa shape index (κ2) is 3.77. The molecule has 0 saturated heterocycles. The van der Waals surface area contributed by atoms with Crippen LogP contribution in [0.4, 0.5) is 0 Å². The monoisotopic (exact) mass is 192 g/mol. The van der Waals surface area contributed by atoms with E-state index in [1.807, 2.05) is 0 Å². The summed E-state index contributed by atoms with van der Waals surface area (Å²) < 4.78 is 2.32. The van der Waals surface area contributed by atoms with Gasteiger partial charge in [0.1, 0.15) is 0 Å². The molecular weight excluding hydrogens is 172 g/mol. The van der Waals surface area contributed by atoms with Gasteiger partial charge in [0.05, 0.1) is 5.54 Å². The molecule has 1 aliphatic rings. The molecule has 1 aromatic rings. The lowest BCUT2D eigenvalue weighted by Crippen LogP contribution is -2.44. The molecule has 2 rings (SSSR count). The molecular formula is C12H20N2. The quantitative estimate of drug-likeness (QED) is 0.766. The first-order chi connectivity index (χ1) is 6.77. The highest BCUT2D eigenvalue weighted by Crippen LogP contribution is 2.37. The van der Waals surface area contributed by atoms with Crippen LogP contribution in [0, 0.1) is 5.92 Å². The molecule has 1 heterocycles. The van der Waals surface area contributed by atoms with Crippen LogP contribution in [0.1, 0.15) is 32.6 Å². The predicted molar refractivity (Wildman–Crippen MR) is 59.1 cm³/mol. The largest absolute Gasteiger partial charge is 0.347 e. The van der Waals surface area contributed by atoms with Crippen LogP contribution in [-0.2, 0) is 5.54 Å². The second-order valence-electron chi connectivity index (χ2n) is 4.72. The molecule has 0 spiro atoms. The topological polar surface area (TPSA) is 30.9 Å². The summed E-state index contributed by atoms with van der Waals surface area (Å²) >= 11 is 0. The number of hydrogen-bond acceptors (Lipinski definition) is 1. The van der Waals surface area contributed by atoms with E-state index in [0.29, 0.717) is 0 Å². The lowest BCUT2D eigenvalue weighted by Gasteiger charge is -2.40. The van der Waals surface area contributed by atoms with Crippen LogP contribution < -0.4 is 5.73 Å². The van der Waals surface area contributed by atoms with Gasteiger partial charge in [-0.05, 0) is 30.9 Å². The van der Waals surface area contributed by atoms with E-state index in [9.17, 15) is 0 Å². The van der Waals surface area contributed by atoms with Crippen LogP contribution in [0.2, 0.25) is 0 Å². The van der Waals surface area contributed by atoms with E-state index in [1.54, 1.807) is 0 Å². The minimum atomic E-state index is 0.209. The van der Waals surface area contributed by atoms with Gasteiger partial charge in [0.25, 0.3) is 0 Å². The number of nitrogens with zero attached hydrogens (tertiary/aromatic N) is 1. The molecule has 0 aromatic carbocycles. The highest BCUT2D eigenvalue weighted by molar-refractivity contribution is 5.01. The molecule has 2 heteroatoms. The summed E-state index contributed by atoms with van der Waals surface area (Å²) in [5, 5.41) is 0. The van der Waals surface area contributed by atoms with Crippen molar-refractivity contribution >= 4 is 0 Å². The van der Waals surface area contributed by atoms with Gasteiger partial charge in [-0.15, -0.1) is 0 Å². The molecule has 0 amide bonds. The third-order valence-electron chi connectivity index (χ3n) is 3.60. The fourth-order valence-electron chi connectivity index (χ4n) is 2.81. The van der Waals surface area contributed by atoms with Gasteiger partial charge in [-0.2, -0.15) is 0 Å². The van der Waals surface area contributed by atoms with E-state index in [-0.39, 0.29) is 5.54 Å². The Morgan fingerprint density at radius 2 is 2.14 bits per heavy atom. The molecule has 2 N–H and O–H groups in total. The summed E-state index contributed by atoms with van der Waals surface area (Å²) in [6.07, 6.45) is 9.47. The molecule has 2 nitrogen and oxygen atoms in total. The minimum Gasteiger partial charge on any atom is -0.347 e. The summed E-state index contributed by atoms with van der Waals surface area (Å²) in [6.45, 7) is 3.11. The summed E-state index contributed by atoms with van der Waals surface area (Å²) in [7, 11) is 0. The Morgan fingerprint density at radius 3 is 2.71 bits per heavy atom. The minimum absolute atomic E-state index is 0.209. The molecule has 1 fully saturated rings. The maximum Gasteiger partial charge on any atom is 0.0564 e. The lowest BCUT2D eigenvalue weighted by atomic mass is 9.76. The molecule has 0 bridgehead atoms. The third-order valence-corrected chi connectivity index (χ3v) is 3.60. The van der Waals surface area contributed by atoms with Gasteiger partial charge >= 0.3 is 0 Å². The van der Waals surface area contributed by atoms with Crippen LogP contribution in [0.25, 0.3) is 0 Å². The zero-order chi connectivity index (χ0) is 10.0. The molecule has 1 aromatic heterocycles. The fourth-order valence-corrected chi connectivity index (χ4v) is 2.81. The van der Waals surface area contributed by atoms with Crippen molar-refractivity contribution in [2.45, 2.75) is 38.1 Å². The molecule has 0 aliphatic heterocycles. The maximum absolute atomic E-state index is 5.97. The molecule has 78 valence electrons. The number of hydrogen-bond donors (Lipinski definition) is 1. The van der Waals surface area contributed by atoms with Crippen molar-refractivity contribution in [2.75, 3.05) is 6.54 Å². The van der Waals surface area contributed by atoms with Crippen molar-refractivity contribution < 1.29 is 0 Å². The second-order valence-corrected chi connectivity index (χ2v) is 4.72. The lowest BCUT2D eigenvalue weighted by molar-refractivity contribution is 0.161. The van der Waals surface area contributed by atoms with Crippen molar-refractivity contribution in [3.8, 4) is 0 Å². The molecule has 2 unspecified atom stereocenters. The van der Waals surface area contributed by atoms with Crippen LogP contribution in [0.5, 0.6) is 0 Å². The van der Waals surface area contributed by atoms with Gasteiger partial charge in [-0.3, -0.25) is 0 Å². The maximum atomic E-state index is 5.97. The predicted octanol–water partition coefficient (Wildman–Crippen LogP) is 2.35. The van der Waals surface area contributed by atoms with Gasteiger partial charge in [0.15, 0.2) is 0 Å². The summed E-state index contributed by atoms with van der Waals surface area (Å²) in [5.74, 6) is 0.815. The van der Waals surface area contributed by atoms with E-state index in [2.05, 4.69) is 36.0 Å². The molecule has 1 saturated carbocycles. The van der Waals surface area contributed by atoms with Crippen molar-refractivity contribution in [2.24, 2.45) is 11.7 Å². The zero-order valence-corrected chi connectivity index (χ0v) is 8.95. The van der Waals surface area contributed by atoms with Crippen molar-refractivity contribution in [3.05, 3.63) is 24.5 Å². The van der Waals surface area contributed by atoms with E-state index < -0.39 is 0 Å². The van der Waals surface area contributed by atoms with Crippen LogP contribution >= 0.6 is 0 Å². The van der Waals surface area contributed by atoms with Crippen LogP contribution in [0.15, 0.2) is 24.5 Å². The van der Waals surface area contributed by atoms with Gasteiger partial charge in [0, 0.05) is 18.9 Å². The first kappa shape index (κ1) is 9.78. The molecule has 2 atom stereocenters. The standard InChI is InChI=1S/C12H20N2/c1-11-5-4-6-12(9-11,10-13)14-7-2-3-8-14/h2-3,7-8,11H,4-6,9-10,13H2,1H3. The van der Waals surface area contributed by atoms with Gasteiger partial charge < -0.3 is 10.3 Å². The Morgan fingerprint density at radius 1 is 1.43 bits per heavy atom. The first-order valence-electron chi connectivity index (χ1n) is 5.60. The molecule has 14 heavy (non-hydrogen) atoms. The highest BCUT2D eigenvalue weighted by atomic mass is 15.1. The fraction of sp³-hybridized carbons (Fsp3) is 0.667. The smallest absolute Gasteiger partial charge is 0.0564 e. The highest BCUT2D eigenvalue weighted by Gasteiger charge is 2.34. The Kier molecular flexibility index (Phi) is 2.64. The third kappa shape index (κ3) is 1.59. The van der Waals surface area contributed by atoms with Crippen LogP contribution in [0.3, 0.4) is 0 Å². The normalized spacial score (nSPS) is 33.1. The van der Waals surface area contributed by atoms with E-state index in [0.717, 1.165) is 12.5 Å². The first-order valence-corrected chi connectivity index (χ1v) is 5.60. The van der Waals surface area contributed by atoms with Crippen molar-refractivity contribution in [1.82, 2.24) is 4.57 Å². The number of nitrogens with two attached hydrogens (primary N) is 1. The van der Waals surface area contributed by atoms with Crippen molar-refractivity contribution in [3.63, 3.8) is 0 Å². The van der Waals surface area contributed by atoms with E-state index >= 15 is 0 Å². The van der Waals surface area contributed by atoms with Crippen LogP contribution in [-0.4, -0.2) is 11.1 Å². The molecule has 0 radical (unpaired) electrons. The number of aromatic nitrogens is 1. The van der Waals surface area contributed by atoms with E-state index in [1.165, 1.54) is 25.7 Å². The summed E-state index contributed by atoms with van der Waals surface area (Å²) in [4.78, 5) is 0. The van der Waals surface area contributed by atoms with Gasteiger partial charge in [-0.1, -0.05) is 19.8 Å². The SMILES string of the molecule is CC1CCCC(CN)(n2cccc2)C1. The average molecular weight is 192 g/mol. The summed E-state index contributed by atoms with van der Waals surface area (Å²) in [5.41, 5.74) is 6.18. The van der Waals surface area contributed by atoms with E-state index in [4.69, 9.17) is 5.73 Å². The Bertz CT molecular complexity index is 279. The van der Waals surface area contributed by atoms with Gasteiger partial charge in [-0.25, -0.2) is 0 Å². The van der Waals surface area contributed by atoms with Crippen molar-refractivity contribution in [1.29, 1.82) is 0 Å².